The molecule has 0 aliphatic carbocycles. The number of hydrogen-bond donors (Lipinski definition) is 0. The first-order valence-corrected chi connectivity index (χ1v) is 6.93. The molecule has 0 spiro atoms. The Kier molecular flexibility index (Phi) is 6.03. The van der Waals surface area contributed by atoms with Gasteiger partial charge in [0.25, 0.3) is 0 Å². The van der Waals surface area contributed by atoms with Crippen LogP contribution < -0.4 is 4.74 Å². The molecule has 0 amide bonds. The Hall–Kier alpha value is -1.74. The summed E-state index contributed by atoms with van der Waals surface area (Å²) in [6.45, 7) is 9.33. The van der Waals surface area contributed by atoms with Crippen LogP contribution in [0.2, 0.25) is 0 Å². The van der Waals surface area contributed by atoms with Gasteiger partial charge in [0.1, 0.15) is 5.75 Å². The van der Waals surface area contributed by atoms with Gasteiger partial charge in [-0.1, -0.05) is 32.9 Å². The number of nitrogens with zero attached hydrogens (tertiary/aromatic N) is 2. The average molecular weight is 307 g/mol. The normalized spacial score (nSPS) is 11.9. The third kappa shape index (κ3) is 4.64. The Bertz CT molecular complexity index is 566. The van der Waals surface area contributed by atoms with Gasteiger partial charge in [0, 0.05) is 18.6 Å². The van der Waals surface area contributed by atoms with E-state index < -0.39 is 0 Å². The molecule has 0 radical (unpaired) electrons. The second-order valence-corrected chi connectivity index (χ2v) is 5.76. The smallest absolute Gasteiger partial charge is 0.119 e. The minimum absolute atomic E-state index is 0. The Balaban J connectivity index is 0.00000220. The van der Waals surface area contributed by atoms with Gasteiger partial charge in [-0.15, -0.1) is 12.4 Å². The number of aromatic nitrogens is 2. The Morgan fingerprint density at radius 2 is 1.90 bits per heavy atom. The number of halogens is 1. The molecule has 4 heteroatoms. The molecule has 2 rings (SSSR count). The van der Waals surface area contributed by atoms with E-state index in [1.54, 1.807) is 12.5 Å². The SMILES string of the molecule is CCOc1ccc(/C(=C/n2ccnc2)C(C)(C)C)cc1.Cl. The maximum Gasteiger partial charge on any atom is 0.119 e. The van der Waals surface area contributed by atoms with Gasteiger partial charge in [-0.3, -0.25) is 0 Å². The molecule has 0 atom stereocenters. The molecule has 114 valence electrons. The van der Waals surface area contributed by atoms with Crippen LogP contribution in [0.15, 0.2) is 43.0 Å². The monoisotopic (exact) mass is 306 g/mol. The van der Waals surface area contributed by atoms with Crippen LogP contribution >= 0.6 is 12.4 Å². The Labute approximate surface area is 133 Å². The third-order valence-electron chi connectivity index (χ3n) is 3.09. The highest BCUT2D eigenvalue weighted by atomic mass is 35.5. The van der Waals surface area contributed by atoms with Gasteiger partial charge in [0.15, 0.2) is 0 Å². The zero-order chi connectivity index (χ0) is 14.6. The van der Waals surface area contributed by atoms with Gasteiger partial charge >= 0.3 is 0 Å². The molecular weight excluding hydrogens is 284 g/mol. The summed E-state index contributed by atoms with van der Waals surface area (Å²) in [5.41, 5.74) is 2.52. The lowest BCUT2D eigenvalue weighted by molar-refractivity contribution is 0.340. The lowest BCUT2D eigenvalue weighted by Gasteiger charge is -2.24. The van der Waals surface area contributed by atoms with E-state index in [0.717, 1.165) is 5.75 Å². The maximum absolute atomic E-state index is 5.50. The summed E-state index contributed by atoms with van der Waals surface area (Å²) in [5, 5.41) is 0. The van der Waals surface area contributed by atoms with Crippen molar-refractivity contribution in [3.63, 3.8) is 0 Å². The van der Waals surface area contributed by atoms with Crippen molar-refractivity contribution in [2.24, 2.45) is 5.41 Å². The van der Waals surface area contributed by atoms with Crippen molar-refractivity contribution < 1.29 is 4.74 Å². The summed E-state index contributed by atoms with van der Waals surface area (Å²) in [5.74, 6) is 0.909. The van der Waals surface area contributed by atoms with Gasteiger partial charge < -0.3 is 9.30 Å². The number of allylic oxidation sites excluding steroid dienone is 1. The minimum Gasteiger partial charge on any atom is -0.494 e. The van der Waals surface area contributed by atoms with Crippen LogP contribution in [-0.4, -0.2) is 16.2 Å². The van der Waals surface area contributed by atoms with E-state index in [1.807, 2.05) is 29.8 Å². The van der Waals surface area contributed by atoms with Gasteiger partial charge in [0.05, 0.1) is 12.9 Å². The zero-order valence-electron chi connectivity index (χ0n) is 13.0. The predicted octanol–water partition coefficient (Wildman–Crippen LogP) is 4.75. The van der Waals surface area contributed by atoms with Crippen molar-refractivity contribution in [2.75, 3.05) is 6.61 Å². The number of hydrogen-bond acceptors (Lipinski definition) is 2. The average Bonchev–Trinajstić information content (AvgIpc) is 2.89. The van der Waals surface area contributed by atoms with E-state index in [1.165, 1.54) is 11.1 Å². The first-order chi connectivity index (χ1) is 9.50. The molecule has 0 bridgehead atoms. The number of ether oxygens (including phenoxy) is 1. The second kappa shape index (κ2) is 7.32. The molecule has 21 heavy (non-hydrogen) atoms. The largest absolute Gasteiger partial charge is 0.494 e. The van der Waals surface area contributed by atoms with Gasteiger partial charge in [-0.25, -0.2) is 4.98 Å². The predicted molar refractivity (Wildman–Crippen MR) is 90.7 cm³/mol. The molecule has 0 aliphatic rings. The molecule has 0 N–H and O–H groups in total. The van der Waals surface area contributed by atoms with Crippen molar-refractivity contribution in [1.82, 2.24) is 9.55 Å². The van der Waals surface area contributed by atoms with Crippen LogP contribution in [0.25, 0.3) is 11.8 Å². The molecule has 1 aromatic heterocycles. The van der Waals surface area contributed by atoms with Crippen LogP contribution in [0.3, 0.4) is 0 Å². The van der Waals surface area contributed by atoms with Gasteiger partial charge in [0.2, 0.25) is 0 Å². The Morgan fingerprint density at radius 3 is 2.38 bits per heavy atom. The summed E-state index contributed by atoms with van der Waals surface area (Å²) in [4.78, 5) is 4.09. The summed E-state index contributed by atoms with van der Waals surface area (Å²) in [7, 11) is 0. The van der Waals surface area contributed by atoms with Gasteiger partial charge in [-0.2, -0.15) is 0 Å². The molecule has 0 saturated carbocycles. The highest BCUT2D eigenvalue weighted by Crippen LogP contribution is 2.35. The van der Waals surface area contributed by atoms with Crippen LogP contribution in [0.4, 0.5) is 0 Å². The van der Waals surface area contributed by atoms with Crippen LogP contribution in [-0.2, 0) is 0 Å². The second-order valence-electron chi connectivity index (χ2n) is 5.76. The van der Waals surface area contributed by atoms with Crippen molar-refractivity contribution in [3.8, 4) is 5.75 Å². The van der Waals surface area contributed by atoms with E-state index >= 15 is 0 Å². The molecule has 0 fully saturated rings. The molecule has 0 saturated heterocycles. The highest BCUT2D eigenvalue weighted by Gasteiger charge is 2.19. The molecular formula is C17H23ClN2O. The Morgan fingerprint density at radius 1 is 1.24 bits per heavy atom. The van der Waals surface area contributed by atoms with Crippen molar-refractivity contribution in [3.05, 3.63) is 48.5 Å². The third-order valence-corrected chi connectivity index (χ3v) is 3.09. The van der Waals surface area contributed by atoms with E-state index in [2.05, 4.69) is 44.1 Å². The maximum atomic E-state index is 5.50. The standard InChI is InChI=1S/C17H22N2O.ClH/c1-5-20-15-8-6-14(7-9-15)16(17(2,3)4)12-19-11-10-18-13-19;/h6-13H,5H2,1-4H3;1H/b16-12-;. The summed E-state index contributed by atoms with van der Waals surface area (Å²) >= 11 is 0. The topological polar surface area (TPSA) is 27.1 Å². The fourth-order valence-corrected chi connectivity index (χ4v) is 2.09. The molecule has 0 unspecified atom stereocenters. The van der Waals surface area contributed by atoms with E-state index in [4.69, 9.17) is 4.74 Å². The summed E-state index contributed by atoms with van der Waals surface area (Å²) in [6.07, 6.45) is 7.66. The number of benzene rings is 1. The first-order valence-electron chi connectivity index (χ1n) is 6.93. The van der Waals surface area contributed by atoms with E-state index in [9.17, 15) is 0 Å². The summed E-state index contributed by atoms with van der Waals surface area (Å²) in [6, 6.07) is 8.26. The lowest BCUT2D eigenvalue weighted by atomic mass is 9.82. The molecule has 1 aromatic carbocycles. The lowest BCUT2D eigenvalue weighted by Crippen LogP contribution is -2.09. The summed E-state index contributed by atoms with van der Waals surface area (Å²) < 4.78 is 7.48. The van der Waals surface area contributed by atoms with Crippen LogP contribution in [0.5, 0.6) is 5.75 Å². The molecule has 0 aliphatic heterocycles. The zero-order valence-corrected chi connectivity index (χ0v) is 13.9. The molecule has 1 heterocycles. The minimum atomic E-state index is 0. The van der Waals surface area contributed by atoms with E-state index in [0.29, 0.717) is 6.61 Å². The quantitative estimate of drug-likeness (QED) is 0.815. The van der Waals surface area contributed by atoms with E-state index in [-0.39, 0.29) is 17.8 Å². The van der Waals surface area contributed by atoms with Gasteiger partial charge in [-0.05, 0) is 35.6 Å². The van der Waals surface area contributed by atoms with Crippen molar-refractivity contribution >= 4 is 24.2 Å². The highest BCUT2D eigenvalue weighted by molar-refractivity contribution is 5.85. The molecule has 2 aromatic rings. The number of imidazole rings is 1. The van der Waals surface area contributed by atoms with Crippen molar-refractivity contribution in [2.45, 2.75) is 27.7 Å². The van der Waals surface area contributed by atoms with Crippen LogP contribution in [0, 0.1) is 5.41 Å². The van der Waals surface area contributed by atoms with Crippen molar-refractivity contribution in [1.29, 1.82) is 0 Å². The first kappa shape index (κ1) is 17.3. The fraction of sp³-hybridized carbons (Fsp3) is 0.353. The molecule has 3 nitrogen and oxygen atoms in total. The van der Waals surface area contributed by atoms with Crippen LogP contribution in [0.1, 0.15) is 33.3 Å². The fourth-order valence-electron chi connectivity index (χ4n) is 2.09. The number of rotatable bonds is 4.